The van der Waals surface area contributed by atoms with E-state index in [1.807, 2.05) is 0 Å². The van der Waals surface area contributed by atoms with E-state index < -0.39 is 0 Å². The molecule has 0 heterocycles. The third-order valence-electron chi connectivity index (χ3n) is 0.771. The minimum absolute atomic E-state index is 0. The Balaban J connectivity index is -0.000000180. The van der Waals surface area contributed by atoms with Gasteiger partial charge in [0.15, 0.2) is 0 Å². The molecule has 8 heavy (non-hydrogen) atoms. The number of aliphatic hydroxyl groups is 1. The van der Waals surface area contributed by atoms with Crippen LogP contribution in [0.1, 0.15) is 1.43 Å². The summed E-state index contributed by atoms with van der Waals surface area (Å²) in [6.07, 6.45) is 0. The predicted molar refractivity (Wildman–Crippen MR) is 31.1 cm³/mol. The van der Waals surface area contributed by atoms with Crippen molar-refractivity contribution < 1.29 is 62.4 Å². The second-order valence-corrected chi connectivity index (χ2v) is 2.74. The molecule has 0 aromatic carbocycles. The minimum Gasteiger partial charge on any atom is -1.00 e. The smallest absolute Gasteiger partial charge is 1.00 e. The Bertz CT molecular complexity index is 55.4. The number of aliphatic hydroxyl groups excluding tert-OH is 1. The van der Waals surface area contributed by atoms with Crippen molar-refractivity contribution in [2.45, 2.75) is 0 Å². The molecule has 0 fully saturated rings. The Morgan fingerprint density at radius 3 is 1.75 bits per heavy atom. The van der Waals surface area contributed by atoms with Crippen LogP contribution in [-0.2, 0) is 0 Å². The molecule has 0 amide bonds. The van der Waals surface area contributed by atoms with Gasteiger partial charge in [-0.2, -0.15) is 0 Å². The zero-order chi connectivity index (χ0) is 5.91. The topological polar surface area (TPSA) is 20.2 Å². The summed E-state index contributed by atoms with van der Waals surface area (Å²) in [6, 6.07) is 0. The molecule has 3 heteroatoms. The molecule has 0 spiro atoms. The zero-order valence-electron chi connectivity index (χ0n) is 7.31. The molecule has 0 aromatic heterocycles. The number of likely N-dealkylation sites (N-methyl/N-ethyl adjacent to an activating group) is 1. The number of nitrogens with zero attached hydrogens (tertiary/aromatic N) is 1. The van der Waals surface area contributed by atoms with Crippen LogP contribution in [0.2, 0.25) is 0 Å². The van der Waals surface area contributed by atoms with Gasteiger partial charge < -0.3 is 11.0 Å². The first kappa shape index (κ1) is 12.3. The standard InChI is InChI=1S/C5H14NO.K.H/c1-6(2,3)4-5-7;;/h7H,4-5H2,1-3H3;;/q2*+1;-1. The monoisotopic (exact) mass is 144 g/mol. The van der Waals surface area contributed by atoms with Crippen LogP contribution in [0.4, 0.5) is 0 Å². The first-order valence-corrected chi connectivity index (χ1v) is 2.47. The molecule has 2 nitrogen and oxygen atoms in total. The van der Waals surface area contributed by atoms with E-state index in [4.69, 9.17) is 5.11 Å². The third-order valence-corrected chi connectivity index (χ3v) is 0.771. The van der Waals surface area contributed by atoms with E-state index >= 15 is 0 Å². The Hall–Kier alpha value is 1.56. The fraction of sp³-hybridized carbons (Fsp3) is 1.00. The maximum absolute atomic E-state index is 8.39. The fourth-order valence-corrected chi connectivity index (χ4v) is 0.300. The first-order chi connectivity index (χ1) is 3.06. The summed E-state index contributed by atoms with van der Waals surface area (Å²) in [5.74, 6) is 0. The van der Waals surface area contributed by atoms with E-state index in [2.05, 4.69) is 21.1 Å². The van der Waals surface area contributed by atoms with Crippen molar-refractivity contribution in [2.75, 3.05) is 34.3 Å². The predicted octanol–water partition coefficient (Wildman–Crippen LogP) is -3.20. The van der Waals surface area contributed by atoms with Crippen molar-refractivity contribution >= 4 is 0 Å². The molecular weight excluding hydrogens is 129 g/mol. The second kappa shape index (κ2) is 5.35. The van der Waals surface area contributed by atoms with Crippen LogP contribution in [0.25, 0.3) is 0 Å². The molecule has 0 atom stereocenters. The van der Waals surface area contributed by atoms with E-state index in [1.165, 1.54) is 0 Å². The van der Waals surface area contributed by atoms with Gasteiger partial charge >= 0.3 is 51.4 Å². The van der Waals surface area contributed by atoms with Gasteiger partial charge in [0.25, 0.3) is 0 Å². The Morgan fingerprint density at radius 2 is 1.75 bits per heavy atom. The zero-order valence-corrected chi connectivity index (χ0v) is 9.43. The summed E-state index contributed by atoms with van der Waals surface area (Å²) in [4.78, 5) is 0. The van der Waals surface area contributed by atoms with Crippen molar-refractivity contribution in [3.05, 3.63) is 0 Å². The van der Waals surface area contributed by atoms with Gasteiger partial charge in [0.1, 0.15) is 6.54 Å². The second-order valence-electron chi connectivity index (χ2n) is 2.74. The SMILES string of the molecule is C[N+](C)(C)CCO.[H-].[K+]. The molecule has 0 saturated heterocycles. The largest absolute Gasteiger partial charge is 1.00 e. The number of hydrogen-bond donors (Lipinski definition) is 1. The molecule has 1 N–H and O–H groups in total. The third kappa shape index (κ3) is 10.5. The van der Waals surface area contributed by atoms with E-state index in [0.29, 0.717) is 0 Å². The van der Waals surface area contributed by atoms with Gasteiger partial charge in [0, 0.05) is 0 Å². The average Bonchev–Trinajstić information content (AvgIpc) is 1.30. The number of quaternary nitrogens is 1. The maximum Gasteiger partial charge on any atom is 1.00 e. The maximum atomic E-state index is 8.39. The molecular formula is C5H15KNO+. The molecule has 0 unspecified atom stereocenters. The normalized spacial score (nSPS) is 10.5. The molecule has 0 radical (unpaired) electrons. The van der Waals surface area contributed by atoms with Crippen LogP contribution in [-0.4, -0.2) is 43.9 Å². The van der Waals surface area contributed by atoms with Crippen LogP contribution < -0.4 is 51.4 Å². The van der Waals surface area contributed by atoms with Gasteiger partial charge in [-0.25, -0.2) is 0 Å². The van der Waals surface area contributed by atoms with Crippen molar-refractivity contribution in [1.82, 2.24) is 0 Å². The molecule has 0 aliphatic rings. The van der Waals surface area contributed by atoms with E-state index in [0.717, 1.165) is 11.0 Å². The summed E-state index contributed by atoms with van der Waals surface area (Å²) < 4.78 is 0.844. The van der Waals surface area contributed by atoms with Crippen molar-refractivity contribution in [3.8, 4) is 0 Å². The molecule has 0 aliphatic carbocycles. The Kier molecular flexibility index (Phi) is 8.19. The summed E-state index contributed by atoms with van der Waals surface area (Å²) in [5.41, 5.74) is 0. The van der Waals surface area contributed by atoms with Crippen molar-refractivity contribution in [1.29, 1.82) is 0 Å². The summed E-state index contributed by atoms with van der Waals surface area (Å²) in [6.45, 7) is 1.11. The molecule has 0 aliphatic heterocycles. The first-order valence-electron chi connectivity index (χ1n) is 2.47. The molecule has 0 saturated carbocycles. The van der Waals surface area contributed by atoms with E-state index in [1.54, 1.807) is 0 Å². The van der Waals surface area contributed by atoms with Crippen LogP contribution >= 0.6 is 0 Å². The molecule has 0 rings (SSSR count). The number of rotatable bonds is 2. The van der Waals surface area contributed by atoms with Crippen LogP contribution in [0.3, 0.4) is 0 Å². The molecule has 0 aromatic rings. The Morgan fingerprint density at radius 1 is 1.38 bits per heavy atom. The average molecular weight is 144 g/mol. The van der Waals surface area contributed by atoms with Crippen molar-refractivity contribution in [2.24, 2.45) is 0 Å². The molecule has 0 bridgehead atoms. The van der Waals surface area contributed by atoms with Gasteiger partial charge in [-0.15, -0.1) is 0 Å². The van der Waals surface area contributed by atoms with Crippen LogP contribution in [0.15, 0.2) is 0 Å². The quantitative estimate of drug-likeness (QED) is 0.320. The summed E-state index contributed by atoms with van der Waals surface area (Å²) >= 11 is 0. The van der Waals surface area contributed by atoms with E-state index in [-0.39, 0.29) is 59.4 Å². The van der Waals surface area contributed by atoms with Gasteiger partial charge in [0.05, 0.1) is 27.7 Å². The van der Waals surface area contributed by atoms with Gasteiger partial charge in [0.2, 0.25) is 0 Å². The number of hydrogen-bond acceptors (Lipinski definition) is 1. The fourth-order valence-electron chi connectivity index (χ4n) is 0.300. The van der Waals surface area contributed by atoms with Gasteiger partial charge in [-0.3, -0.25) is 0 Å². The molecule has 46 valence electrons. The van der Waals surface area contributed by atoms with E-state index in [9.17, 15) is 0 Å². The minimum atomic E-state index is 0. The van der Waals surface area contributed by atoms with Gasteiger partial charge in [-0.1, -0.05) is 0 Å². The Labute approximate surface area is 95.4 Å². The summed E-state index contributed by atoms with van der Waals surface area (Å²) in [5, 5.41) is 8.39. The summed E-state index contributed by atoms with van der Waals surface area (Å²) in [7, 11) is 6.16. The van der Waals surface area contributed by atoms with Crippen LogP contribution in [0.5, 0.6) is 0 Å². The van der Waals surface area contributed by atoms with Gasteiger partial charge in [-0.05, 0) is 0 Å². The van der Waals surface area contributed by atoms with Crippen molar-refractivity contribution in [3.63, 3.8) is 0 Å². The van der Waals surface area contributed by atoms with Crippen LogP contribution in [0, 0.1) is 0 Å².